The second-order valence-electron chi connectivity index (χ2n) is 4.80. The molecule has 0 unspecified atom stereocenters. The zero-order valence-corrected chi connectivity index (χ0v) is 12.8. The van der Waals surface area contributed by atoms with Crippen LogP contribution in [0.1, 0.15) is 10.4 Å². The Morgan fingerprint density at radius 3 is 2.71 bits per heavy atom. The molecule has 0 aliphatic heterocycles. The third kappa shape index (κ3) is 3.49. The highest BCUT2D eigenvalue weighted by Gasteiger charge is 2.11. The van der Waals surface area contributed by atoms with Gasteiger partial charge >= 0.3 is 5.97 Å². The molecule has 0 aliphatic rings. The maximum absolute atomic E-state index is 11.9. The van der Waals surface area contributed by atoms with Gasteiger partial charge in [0.05, 0.1) is 12.7 Å². The first-order valence-corrected chi connectivity index (χ1v) is 7.08. The van der Waals surface area contributed by atoms with Crippen molar-refractivity contribution < 1.29 is 19.1 Å². The Hall–Kier alpha value is -3.42. The standard InChI is InChI=1S/C16H14N4O4/c1-23-15(22)11-7-8-13-17-16(19-20(13)9-11)18-14(21)10-24-12-5-3-2-4-6-12/h2-9H,10H2,1H3,(H,18,19,21). The van der Waals surface area contributed by atoms with Crippen LogP contribution in [0.15, 0.2) is 48.7 Å². The number of esters is 1. The highest BCUT2D eigenvalue weighted by Crippen LogP contribution is 2.10. The zero-order valence-electron chi connectivity index (χ0n) is 12.8. The average molecular weight is 326 g/mol. The number of fused-ring (bicyclic) bond motifs is 1. The summed E-state index contributed by atoms with van der Waals surface area (Å²) in [6, 6.07) is 12.2. The number of anilines is 1. The minimum atomic E-state index is -0.478. The molecule has 0 saturated heterocycles. The lowest BCUT2D eigenvalue weighted by molar-refractivity contribution is -0.118. The maximum atomic E-state index is 11.9. The fourth-order valence-corrected chi connectivity index (χ4v) is 2.00. The number of para-hydroxylation sites is 1. The first-order valence-electron chi connectivity index (χ1n) is 7.08. The Balaban J connectivity index is 1.66. The number of pyridine rings is 1. The number of amides is 1. The summed E-state index contributed by atoms with van der Waals surface area (Å²) in [7, 11) is 1.30. The number of ether oxygens (including phenoxy) is 2. The van der Waals surface area contributed by atoms with Crippen molar-refractivity contribution in [1.82, 2.24) is 14.6 Å². The van der Waals surface area contributed by atoms with Crippen LogP contribution in [0.5, 0.6) is 5.75 Å². The maximum Gasteiger partial charge on any atom is 0.339 e. The molecule has 0 atom stereocenters. The zero-order chi connectivity index (χ0) is 16.9. The van der Waals surface area contributed by atoms with Crippen LogP contribution in [-0.4, -0.2) is 40.2 Å². The van der Waals surface area contributed by atoms with E-state index in [2.05, 4.69) is 20.1 Å². The van der Waals surface area contributed by atoms with Gasteiger partial charge in [-0.3, -0.25) is 10.1 Å². The van der Waals surface area contributed by atoms with Gasteiger partial charge in [0.15, 0.2) is 12.3 Å². The van der Waals surface area contributed by atoms with Gasteiger partial charge in [-0.05, 0) is 24.3 Å². The molecule has 8 heteroatoms. The van der Waals surface area contributed by atoms with Gasteiger partial charge < -0.3 is 9.47 Å². The molecule has 0 fully saturated rings. The van der Waals surface area contributed by atoms with Crippen LogP contribution >= 0.6 is 0 Å². The van der Waals surface area contributed by atoms with Crippen molar-refractivity contribution in [3.63, 3.8) is 0 Å². The van der Waals surface area contributed by atoms with Gasteiger partial charge in [-0.25, -0.2) is 9.31 Å². The van der Waals surface area contributed by atoms with E-state index in [0.717, 1.165) is 0 Å². The number of rotatable bonds is 5. The van der Waals surface area contributed by atoms with Gasteiger partial charge in [-0.2, -0.15) is 4.98 Å². The monoisotopic (exact) mass is 326 g/mol. The Kier molecular flexibility index (Phi) is 4.37. The average Bonchev–Trinajstić information content (AvgIpc) is 3.01. The Morgan fingerprint density at radius 2 is 1.96 bits per heavy atom. The van der Waals surface area contributed by atoms with Gasteiger partial charge in [0.2, 0.25) is 5.95 Å². The minimum absolute atomic E-state index is 0.124. The predicted molar refractivity (Wildman–Crippen MR) is 84.9 cm³/mol. The van der Waals surface area contributed by atoms with Gasteiger partial charge in [-0.15, -0.1) is 5.10 Å². The van der Waals surface area contributed by atoms with Crippen molar-refractivity contribution in [2.75, 3.05) is 19.0 Å². The molecule has 1 aromatic carbocycles. The predicted octanol–water partition coefficient (Wildman–Crippen LogP) is 1.53. The van der Waals surface area contributed by atoms with E-state index in [-0.39, 0.29) is 18.5 Å². The number of carbonyl (C=O) groups is 2. The summed E-state index contributed by atoms with van der Waals surface area (Å²) < 4.78 is 11.4. The summed E-state index contributed by atoms with van der Waals surface area (Å²) in [5.41, 5.74) is 0.821. The lowest BCUT2D eigenvalue weighted by Crippen LogP contribution is -2.20. The van der Waals surface area contributed by atoms with E-state index < -0.39 is 5.97 Å². The van der Waals surface area contributed by atoms with Crippen LogP contribution in [-0.2, 0) is 9.53 Å². The summed E-state index contributed by atoms with van der Waals surface area (Å²) in [6.07, 6.45) is 1.48. The number of carbonyl (C=O) groups excluding carboxylic acids is 2. The third-order valence-electron chi connectivity index (χ3n) is 3.12. The van der Waals surface area contributed by atoms with Gasteiger partial charge in [-0.1, -0.05) is 18.2 Å². The molecule has 3 rings (SSSR count). The lowest BCUT2D eigenvalue weighted by Gasteiger charge is -2.04. The summed E-state index contributed by atoms with van der Waals surface area (Å²) in [4.78, 5) is 27.5. The first kappa shape index (κ1) is 15.5. The van der Waals surface area contributed by atoms with Crippen LogP contribution in [0.4, 0.5) is 5.95 Å². The van der Waals surface area contributed by atoms with Crippen LogP contribution < -0.4 is 10.1 Å². The van der Waals surface area contributed by atoms with Crippen LogP contribution in [0.3, 0.4) is 0 Å². The molecule has 122 valence electrons. The quantitative estimate of drug-likeness (QED) is 0.715. The molecule has 2 aromatic heterocycles. The van der Waals surface area contributed by atoms with Crippen molar-refractivity contribution in [1.29, 1.82) is 0 Å². The SMILES string of the molecule is COC(=O)c1ccc2nc(NC(=O)COc3ccccc3)nn2c1. The fourth-order valence-electron chi connectivity index (χ4n) is 2.00. The van der Waals surface area contributed by atoms with Gasteiger partial charge in [0.25, 0.3) is 5.91 Å². The minimum Gasteiger partial charge on any atom is -0.484 e. The van der Waals surface area contributed by atoms with Crippen molar-refractivity contribution in [3.8, 4) is 5.75 Å². The van der Waals surface area contributed by atoms with E-state index in [1.807, 2.05) is 18.2 Å². The molecule has 0 aliphatic carbocycles. The van der Waals surface area contributed by atoms with E-state index in [9.17, 15) is 9.59 Å². The highest BCUT2D eigenvalue weighted by molar-refractivity contribution is 5.91. The molecule has 24 heavy (non-hydrogen) atoms. The number of benzene rings is 1. The van der Waals surface area contributed by atoms with E-state index in [4.69, 9.17) is 4.74 Å². The van der Waals surface area contributed by atoms with E-state index in [1.165, 1.54) is 17.8 Å². The van der Waals surface area contributed by atoms with Crippen molar-refractivity contribution in [3.05, 3.63) is 54.2 Å². The molecule has 1 amide bonds. The summed E-state index contributed by atoms with van der Waals surface area (Å²) in [6.45, 7) is -0.160. The molecule has 1 N–H and O–H groups in total. The lowest BCUT2D eigenvalue weighted by atomic mass is 10.3. The Morgan fingerprint density at radius 1 is 1.17 bits per heavy atom. The van der Waals surface area contributed by atoms with Gasteiger partial charge in [0, 0.05) is 6.20 Å². The topological polar surface area (TPSA) is 94.8 Å². The second-order valence-corrected chi connectivity index (χ2v) is 4.80. The van der Waals surface area contributed by atoms with E-state index in [0.29, 0.717) is 17.0 Å². The Bertz CT molecular complexity index is 876. The van der Waals surface area contributed by atoms with E-state index >= 15 is 0 Å². The molecular weight excluding hydrogens is 312 g/mol. The van der Waals surface area contributed by atoms with E-state index in [1.54, 1.807) is 24.3 Å². The number of methoxy groups -OCH3 is 1. The van der Waals surface area contributed by atoms with Crippen LogP contribution in [0, 0.1) is 0 Å². The van der Waals surface area contributed by atoms with Gasteiger partial charge in [0.1, 0.15) is 5.75 Å². The molecular formula is C16H14N4O4. The van der Waals surface area contributed by atoms with Crippen molar-refractivity contribution in [2.24, 2.45) is 0 Å². The van der Waals surface area contributed by atoms with Crippen LogP contribution in [0.25, 0.3) is 5.65 Å². The summed E-state index contributed by atoms with van der Waals surface area (Å²) >= 11 is 0. The number of aromatic nitrogens is 3. The number of nitrogens with one attached hydrogen (secondary N) is 1. The normalized spacial score (nSPS) is 10.4. The smallest absolute Gasteiger partial charge is 0.339 e. The first-order chi connectivity index (χ1) is 11.7. The summed E-state index contributed by atoms with van der Waals surface area (Å²) in [5, 5.41) is 6.64. The second kappa shape index (κ2) is 6.78. The van der Waals surface area contributed by atoms with Crippen molar-refractivity contribution >= 4 is 23.5 Å². The molecule has 0 saturated carbocycles. The highest BCUT2D eigenvalue weighted by atomic mass is 16.5. The molecule has 2 heterocycles. The van der Waals surface area contributed by atoms with Crippen LogP contribution in [0.2, 0.25) is 0 Å². The fraction of sp³-hybridized carbons (Fsp3) is 0.125. The molecule has 8 nitrogen and oxygen atoms in total. The number of nitrogens with zero attached hydrogens (tertiary/aromatic N) is 3. The Labute approximate surface area is 137 Å². The molecule has 3 aromatic rings. The molecule has 0 spiro atoms. The summed E-state index contributed by atoms with van der Waals surface area (Å²) in [5.74, 6) is -0.144. The largest absolute Gasteiger partial charge is 0.484 e. The molecule has 0 radical (unpaired) electrons. The molecule has 0 bridgehead atoms. The number of hydrogen-bond donors (Lipinski definition) is 1. The third-order valence-corrected chi connectivity index (χ3v) is 3.12. The van der Waals surface area contributed by atoms with Crippen molar-refractivity contribution in [2.45, 2.75) is 0 Å². The number of hydrogen-bond acceptors (Lipinski definition) is 6.